The van der Waals surface area contributed by atoms with Crippen LogP contribution in [0, 0.1) is 6.92 Å². The number of benzene rings is 1. The van der Waals surface area contributed by atoms with Crippen molar-refractivity contribution in [3.05, 3.63) is 34.3 Å². The molecule has 1 heterocycles. The molecule has 3 nitrogen and oxygen atoms in total. The van der Waals surface area contributed by atoms with Crippen molar-refractivity contribution in [3.63, 3.8) is 0 Å². The SMILES string of the molecule is CCc1c(-c2ccc(Cl)cc2C)nn(C)c1N. The first kappa shape index (κ1) is 12.0. The van der Waals surface area contributed by atoms with Crippen LogP contribution < -0.4 is 5.73 Å². The van der Waals surface area contributed by atoms with Crippen LogP contribution in [0.25, 0.3) is 11.3 Å². The first-order chi connectivity index (χ1) is 8.04. The Morgan fingerprint density at radius 1 is 1.41 bits per heavy atom. The van der Waals surface area contributed by atoms with Gasteiger partial charge in [-0.05, 0) is 31.0 Å². The minimum atomic E-state index is 0.733. The number of nitrogens with zero attached hydrogens (tertiary/aromatic N) is 2. The van der Waals surface area contributed by atoms with Gasteiger partial charge in [0.05, 0.1) is 5.69 Å². The summed E-state index contributed by atoms with van der Waals surface area (Å²) < 4.78 is 1.72. The van der Waals surface area contributed by atoms with Gasteiger partial charge >= 0.3 is 0 Å². The second-order valence-corrected chi connectivity index (χ2v) is 4.59. The number of nitrogens with two attached hydrogens (primary N) is 1. The van der Waals surface area contributed by atoms with E-state index < -0.39 is 0 Å². The van der Waals surface area contributed by atoms with Gasteiger partial charge in [0.15, 0.2) is 0 Å². The fourth-order valence-corrected chi connectivity index (χ4v) is 2.27. The third-order valence-corrected chi connectivity index (χ3v) is 3.23. The molecule has 0 fully saturated rings. The molecule has 17 heavy (non-hydrogen) atoms. The van der Waals surface area contributed by atoms with Crippen molar-refractivity contribution in [2.75, 3.05) is 5.73 Å². The summed E-state index contributed by atoms with van der Waals surface area (Å²) in [4.78, 5) is 0. The molecule has 4 heteroatoms. The number of hydrogen-bond acceptors (Lipinski definition) is 2. The number of nitrogen functional groups attached to an aromatic ring is 1. The first-order valence-corrected chi connectivity index (χ1v) is 6.00. The number of halogens is 1. The molecule has 0 aliphatic rings. The van der Waals surface area contributed by atoms with E-state index in [0.29, 0.717) is 0 Å². The van der Waals surface area contributed by atoms with Gasteiger partial charge in [0.25, 0.3) is 0 Å². The Bertz CT molecular complexity index is 558. The van der Waals surface area contributed by atoms with E-state index in [9.17, 15) is 0 Å². The van der Waals surface area contributed by atoms with Gasteiger partial charge < -0.3 is 5.73 Å². The fraction of sp³-hybridized carbons (Fsp3) is 0.308. The average molecular weight is 250 g/mol. The van der Waals surface area contributed by atoms with Crippen molar-refractivity contribution < 1.29 is 0 Å². The van der Waals surface area contributed by atoms with Crippen molar-refractivity contribution in [3.8, 4) is 11.3 Å². The molecule has 2 N–H and O–H groups in total. The zero-order valence-electron chi connectivity index (χ0n) is 10.3. The normalized spacial score (nSPS) is 10.8. The van der Waals surface area contributed by atoms with Crippen molar-refractivity contribution in [2.24, 2.45) is 7.05 Å². The smallest absolute Gasteiger partial charge is 0.125 e. The summed E-state index contributed by atoms with van der Waals surface area (Å²) in [5.41, 5.74) is 10.3. The molecule has 2 rings (SSSR count). The quantitative estimate of drug-likeness (QED) is 0.888. The molecule has 0 aliphatic heterocycles. The molecule has 0 spiro atoms. The maximum absolute atomic E-state index is 6.01. The van der Waals surface area contributed by atoms with Crippen molar-refractivity contribution in [1.82, 2.24) is 9.78 Å². The van der Waals surface area contributed by atoms with Gasteiger partial charge in [-0.1, -0.05) is 24.6 Å². The monoisotopic (exact) mass is 249 g/mol. The van der Waals surface area contributed by atoms with Crippen molar-refractivity contribution >= 4 is 17.4 Å². The van der Waals surface area contributed by atoms with Crippen LogP contribution in [0.1, 0.15) is 18.1 Å². The Labute approximate surface area is 106 Å². The Morgan fingerprint density at radius 3 is 2.71 bits per heavy atom. The lowest BCUT2D eigenvalue weighted by molar-refractivity contribution is 0.781. The Hall–Kier alpha value is -1.48. The highest BCUT2D eigenvalue weighted by molar-refractivity contribution is 6.30. The summed E-state index contributed by atoms with van der Waals surface area (Å²) in [6.45, 7) is 4.12. The van der Waals surface area contributed by atoms with Crippen LogP contribution in [0.2, 0.25) is 5.02 Å². The minimum absolute atomic E-state index is 0.733. The summed E-state index contributed by atoms with van der Waals surface area (Å²) in [6, 6.07) is 5.83. The van der Waals surface area contributed by atoms with Crippen molar-refractivity contribution in [2.45, 2.75) is 20.3 Å². The number of hydrogen-bond donors (Lipinski definition) is 1. The molecule has 0 atom stereocenters. The number of anilines is 1. The highest BCUT2D eigenvalue weighted by atomic mass is 35.5. The molecule has 0 bridgehead atoms. The number of aryl methyl sites for hydroxylation is 2. The lowest BCUT2D eigenvalue weighted by Crippen LogP contribution is -1.98. The Morgan fingerprint density at radius 2 is 2.12 bits per heavy atom. The first-order valence-electron chi connectivity index (χ1n) is 5.62. The highest BCUT2D eigenvalue weighted by Gasteiger charge is 2.15. The molecule has 0 aliphatic carbocycles. The van der Waals surface area contributed by atoms with E-state index in [1.165, 1.54) is 0 Å². The third-order valence-electron chi connectivity index (χ3n) is 2.99. The maximum Gasteiger partial charge on any atom is 0.125 e. The second kappa shape index (κ2) is 4.41. The minimum Gasteiger partial charge on any atom is -0.384 e. The van der Waals surface area contributed by atoms with E-state index in [1.807, 2.05) is 32.2 Å². The van der Waals surface area contributed by atoms with Crippen LogP contribution >= 0.6 is 11.6 Å². The maximum atomic E-state index is 6.01. The van der Waals surface area contributed by atoms with Gasteiger partial charge in [0.2, 0.25) is 0 Å². The molecular weight excluding hydrogens is 234 g/mol. The topological polar surface area (TPSA) is 43.8 Å². The van der Waals surface area contributed by atoms with E-state index in [-0.39, 0.29) is 0 Å². The average Bonchev–Trinajstić information content (AvgIpc) is 2.55. The molecule has 0 saturated carbocycles. The number of rotatable bonds is 2. The molecule has 0 unspecified atom stereocenters. The van der Waals surface area contributed by atoms with Crippen molar-refractivity contribution in [1.29, 1.82) is 0 Å². The van der Waals surface area contributed by atoms with Crippen LogP contribution in [0.15, 0.2) is 18.2 Å². The third kappa shape index (κ3) is 2.03. The highest BCUT2D eigenvalue weighted by Crippen LogP contribution is 2.30. The van der Waals surface area contributed by atoms with E-state index >= 15 is 0 Å². The summed E-state index contributed by atoms with van der Waals surface area (Å²) in [6.07, 6.45) is 0.872. The summed E-state index contributed by atoms with van der Waals surface area (Å²) >= 11 is 5.96. The molecule has 90 valence electrons. The molecule has 1 aromatic carbocycles. The van der Waals surface area contributed by atoms with Crippen LogP contribution in [0.5, 0.6) is 0 Å². The van der Waals surface area contributed by atoms with Gasteiger partial charge in [-0.3, -0.25) is 4.68 Å². The fourth-order valence-electron chi connectivity index (χ4n) is 2.04. The van der Waals surface area contributed by atoms with Crippen LogP contribution in [-0.2, 0) is 13.5 Å². The van der Waals surface area contributed by atoms with Gasteiger partial charge in [0.1, 0.15) is 5.82 Å². The largest absolute Gasteiger partial charge is 0.384 e. The Kier molecular flexibility index (Phi) is 3.11. The van der Waals surface area contributed by atoms with E-state index in [1.54, 1.807) is 4.68 Å². The molecule has 2 aromatic rings. The van der Waals surface area contributed by atoms with Crippen LogP contribution in [0.3, 0.4) is 0 Å². The predicted octanol–water partition coefficient (Wildman–Crippen LogP) is 3.19. The molecule has 0 radical (unpaired) electrons. The van der Waals surface area contributed by atoms with Gasteiger partial charge in [-0.15, -0.1) is 0 Å². The summed E-state index contributed by atoms with van der Waals surface area (Å²) in [5.74, 6) is 0.733. The lowest BCUT2D eigenvalue weighted by Gasteiger charge is -2.05. The van der Waals surface area contributed by atoms with Gasteiger partial charge in [0, 0.05) is 23.2 Å². The van der Waals surface area contributed by atoms with Crippen LogP contribution in [-0.4, -0.2) is 9.78 Å². The predicted molar refractivity (Wildman–Crippen MR) is 72.2 cm³/mol. The molecule has 0 saturated heterocycles. The van der Waals surface area contributed by atoms with E-state index in [4.69, 9.17) is 17.3 Å². The molecule has 0 amide bonds. The standard InChI is InChI=1S/C13H16ClN3/c1-4-10-12(16-17(3)13(10)15)11-6-5-9(14)7-8(11)2/h5-7H,4,15H2,1-3H3. The zero-order valence-corrected chi connectivity index (χ0v) is 11.0. The van der Waals surface area contributed by atoms with Gasteiger partial charge in [-0.25, -0.2) is 0 Å². The van der Waals surface area contributed by atoms with E-state index in [2.05, 4.69) is 12.0 Å². The lowest BCUT2D eigenvalue weighted by atomic mass is 10.0. The van der Waals surface area contributed by atoms with E-state index in [0.717, 1.165) is 39.6 Å². The Balaban J connectivity index is 2.64. The molecule has 1 aromatic heterocycles. The number of aromatic nitrogens is 2. The second-order valence-electron chi connectivity index (χ2n) is 4.15. The molecular formula is C13H16ClN3. The zero-order chi connectivity index (χ0) is 12.6. The summed E-state index contributed by atoms with van der Waals surface area (Å²) in [5, 5.41) is 5.23. The summed E-state index contributed by atoms with van der Waals surface area (Å²) in [7, 11) is 1.86. The van der Waals surface area contributed by atoms with Crippen LogP contribution in [0.4, 0.5) is 5.82 Å². The van der Waals surface area contributed by atoms with Gasteiger partial charge in [-0.2, -0.15) is 5.10 Å².